The van der Waals surface area contributed by atoms with Gasteiger partial charge < -0.3 is 0 Å². The van der Waals surface area contributed by atoms with Crippen LogP contribution in [0, 0.1) is 6.92 Å². The highest BCUT2D eigenvalue weighted by Crippen LogP contribution is 2.16. The molecule has 0 N–H and O–H groups in total. The van der Waals surface area contributed by atoms with Gasteiger partial charge in [0.25, 0.3) is 0 Å². The number of aromatic nitrogens is 2. The summed E-state index contributed by atoms with van der Waals surface area (Å²) in [5.41, 5.74) is 5.37. The van der Waals surface area contributed by atoms with Crippen LogP contribution < -0.4 is 0 Å². The Bertz CT molecular complexity index is 744. The molecule has 0 radical (unpaired) electrons. The van der Waals surface area contributed by atoms with Crippen LogP contribution in [0.15, 0.2) is 67.0 Å². The molecular formula is C19H16N2. The highest BCUT2D eigenvalue weighted by Gasteiger charge is 1.99. The van der Waals surface area contributed by atoms with Gasteiger partial charge >= 0.3 is 0 Å². The third-order valence-corrected chi connectivity index (χ3v) is 3.36. The molecule has 0 spiro atoms. The predicted octanol–water partition coefficient (Wildman–Crippen LogP) is 4.62. The van der Waals surface area contributed by atoms with E-state index in [2.05, 4.69) is 59.4 Å². The summed E-state index contributed by atoms with van der Waals surface area (Å²) in [5, 5.41) is 0. The number of benzene rings is 1. The van der Waals surface area contributed by atoms with Gasteiger partial charge in [0, 0.05) is 12.4 Å². The van der Waals surface area contributed by atoms with Crippen molar-refractivity contribution < 1.29 is 0 Å². The van der Waals surface area contributed by atoms with Gasteiger partial charge in [0.15, 0.2) is 0 Å². The van der Waals surface area contributed by atoms with Crippen molar-refractivity contribution in [1.29, 1.82) is 0 Å². The Morgan fingerprint density at radius 2 is 1.57 bits per heavy atom. The van der Waals surface area contributed by atoms with Gasteiger partial charge in [-0.2, -0.15) is 0 Å². The average Bonchev–Trinajstić information content (AvgIpc) is 2.55. The summed E-state index contributed by atoms with van der Waals surface area (Å²) >= 11 is 0. The van der Waals surface area contributed by atoms with Crippen molar-refractivity contribution in [3.63, 3.8) is 0 Å². The molecule has 3 aromatic rings. The molecule has 0 bridgehead atoms. The van der Waals surface area contributed by atoms with E-state index in [4.69, 9.17) is 0 Å². The summed E-state index contributed by atoms with van der Waals surface area (Å²) in [6.07, 6.45) is 7.85. The smallest absolute Gasteiger partial charge is 0.0886 e. The third kappa shape index (κ3) is 3.23. The van der Waals surface area contributed by atoms with Crippen molar-refractivity contribution in [2.45, 2.75) is 6.92 Å². The molecule has 0 saturated carbocycles. The first kappa shape index (κ1) is 13.3. The molecule has 2 heteroatoms. The molecule has 2 aromatic heterocycles. The largest absolute Gasteiger partial charge is 0.255 e. The van der Waals surface area contributed by atoms with E-state index in [0.29, 0.717) is 0 Å². The maximum atomic E-state index is 4.47. The molecule has 0 atom stereocenters. The topological polar surface area (TPSA) is 25.8 Å². The SMILES string of the molecule is Cc1ccccc1/C=C/c1ccc(-c2ccccn2)nc1. The minimum Gasteiger partial charge on any atom is -0.255 e. The lowest BCUT2D eigenvalue weighted by Gasteiger charge is -2.01. The number of nitrogens with zero attached hydrogens (tertiary/aromatic N) is 2. The van der Waals surface area contributed by atoms with E-state index in [0.717, 1.165) is 17.0 Å². The van der Waals surface area contributed by atoms with E-state index in [1.54, 1.807) is 6.20 Å². The lowest BCUT2D eigenvalue weighted by molar-refractivity contribution is 1.24. The van der Waals surface area contributed by atoms with Gasteiger partial charge in [-0.25, -0.2) is 0 Å². The van der Waals surface area contributed by atoms with Gasteiger partial charge in [-0.1, -0.05) is 48.6 Å². The van der Waals surface area contributed by atoms with Crippen molar-refractivity contribution >= 4 is 12.2 Å². The van der Waals surface area contributed by atoms with Crippen LogP contribution in [0.2, 0.25) is 0 Å². The summed E-state index contributed by atoms with van der Waals surface area (Å²) in [6, 6.07) is 18.2. The molecule has 3 rings (SSSR count). The highest BCUT2D eigenvalue weighted by atomic mass is 14.8. The summed E-state index contributed by atoms with van der Waals surface area (Å²) in [7, 11) is 0. The molecule has 0 aliphatic carbocycles. The van der Waals surface area contributed by atoms with E-state index in [1.165, 1.54) is 11.1 Å². The maximum Gasteiger partial charge on any atom is 0.0886 e. The first-order valence-electron chi connectivity index (χ1n) is 6.94. The highest BCUT2D eigenvalue weighted by molar-refractivity contribution is 5.71. The molecule has 0 unspecified atom stereocenters. The Hall–Kier alpha value is -2.74. The van der Waals surface area contributed by atoms with Crippen LogP contribution >= 0.6 is 0 Å². The quantitative estimate of drug-likeness (QED) is 0.695. The molecule has 0 fully saturated rings. The van der Waals surface area contributed by atoms with Crippen LogP contribution in [-0.2, 0) is 0 Å². The van der Waals surface area contributed by atoms with Gasteiger partial charge in [0.2, 0.25) is 0 Å². The molecular weight excluding hydrogens is 256 g/mol. The van der Waals surface area contributed by atoms with E-state index in [9.17, 15) is 0 Å². The van der Waals surface area contributed by atoms with Gasteiger partial charge in [-0.3, -0.25) is 9.97 Å². The van der Waals surface area contributed by atoms with E-state index < -0.39 is 0 Å². The molecule has 0 aliphatic heterocycles. The van der Waals surface area contributed by atoms with Gasteiger partial charge in [-0.15, -0.1) is 0 Å². The predicted molar refractivity (Wildman–Crippen MR) is 87.6 cm³/mol. The fraction of sp³-hybridized carbons (Fsp3) is 0.0526. The normalized spacial score (nSPS) is 10.9. The first-order chi connectivity index (χ1) is 10.3. The number of hydrogen-bond acceptors (Lipinski definition) is 2. The lowest BCUT2D eigenvalue weighted by atomic mass is 10.1. The minimum absolute atomic E-state index is 0.892. The van der Waals surface area contributed by atoms with Gasteiger partial charge in [-0.05, 0) is 41.8 Å². The van der Waals surface area contributed by atoms with E-state index in [-0.39, 0.29) is 0 Å². The average molecular weight is 272 g/mol. The third-order valence-electron chi connectivity index (χ3n) is 3.36. The number of hydrogen-bond donors (Lipinski definition) is 0. The second-order valence-electron chi connectivity index (χ2n) is 4.88. The molecule has 102 valence electrons. The maximum absolute atomic E-state index is 4.47. The Morgan fingerprint density at radius 3 is 2.29 bits per heavy atom. The Kier molecular flexibility index (Phi) is 3.88. The zero-order chi connectivity index (χ0) is 14.5. The molecule has 0 aliphatic rings. The van der Waals surface area contributed by atoms with Gasteiger partial charge in [0.1, 0.15) is 0 Å². The summed E-state index contributed by atoms with van der Waals surface area (Å²) in [5.74, 6) is 0. The second kappa shape index (κ2) is 6.14. The fourth-order valence-electron chi connectivity index (χ4n) is 2.13. The Morgan fingerprint density at radius 1 is 0.762 bits per heavy atom. The van der Waals surface area contributed by atoms with Crippen LogP contribution in [0.5, 0.6) is 0 Å². The molecule has 1 aromatic carbocycles. The van der Waals surface area contributed by atoms with Crippen LogP contribution in [0.25, 0.3) is 23.5 Å². The zero-order valence-corrected chi connectivity index (χ0v) is 11.9. The van der Waals surface area contributed by atoms with Crippen molar-refractivity contribution in [1.82, 2.24) is 9.97 Å². The summed E-state index contributed by atoms with van der Waals surface area (Å²) in [6.45, 7) is 2.11. The minimum atomic E-state index is 0.892. The Balaban J connectivity index is 1.81. The van der Waals surface area contributed by atoms with Gasteiger partial charge in [0.05, 0.1) is 11.4 Å². The van der Waals surface area contributed by atoms with Crippen molar-refractivity contribution in [3.05, 3.63) is 83.7 Å². The monoisotopic (exact) mass is 272 g/mol. The number of aryl methyl sites for hydroxylation is 1. The summed E-state index contributed by atoms with van der Waals surface area (Å²) < 4.78 is 0. The fourth-order valence-corrected chi connectivity index (χ4v) is 2.13. The standard InChI is InChI=1S/C19H16N2/c1-15-6-2-3-7-17(15)11-9-16-10-12-19(21-14-16)18-8-4-5-13-20-18/h2-14H,1H3/b11-9+. The van der Waals surface area contributed by atoms with Crippen molar-refractivity contribution in [3.8, 4) is 11.4 Å². The van der Waals surface area contributed by atoms with E-state index in [1.807, 2.05) is 30.5 Å². The van der Waals surface area contributed by atoms with Crippen molar-refractivity contribution in [2.24, 2.45) is 0 Å². The number of rotatable bonds is 3. The molecule has 0 saturated heterocycles. The van der Waals surface area contributed by atoms with Crippen LogP contribution in [0.1, 0.15) is 16.7 Å². The number of pyridine rings is 2. The summed E-state index contributed by atoms with van der Waals surface area (Å²) in [4.78, 5) is 8.77. The first-order valence-corrected chi connectivity index (χ1v) is 6.94. The molecule has 2 heterocycles. The molecule has 0 amide bonds. The van der Waals surface area contributed by atoms with Crippen molar-refractivity contribution in [2.75, 3.05) is 0 Å². The molecule has 21 heavy (non-hydrogen) atoms. The van der Waals surface area contributed by atoms with Crippen LogP contribution in [-0.4, -0.2) is 9.97 Å². The Labute approximate surface area is 124 Å². The van der Waals surface area contributed by atoms with E-state index >= 15 is 0 Å². The second-order valence-corrected chi connectivity index (χ2v) is 4.88. The van der Waals surface area contributed by atoms with Crippen LogP contribution in [0.3, 0.4) is 0 Å². The van der Waals surface area contributed by atoms with Crippen LogP contribution in [0.4, 0.5) is 0 Å². The molecule has 2 nitrogen and oxygen atoms in total. The lowest BCUT2D eigenvalue weighted by Crippen LogP contribution is -1.86. The zero-order valence-electron chi connectivity index (χ0n) is 11.9.